The minimum Gasteiger partial charge on any atom is -0.454 e. The van der Waals surface area contributed by atoms with Crippen molar-refractivity contribution in [2.75, 3.05) is 12.1 Å². The highest BCUT2D eigenvalue weighted by Crippen LogP contribution is 2.38. The summed E-state index contributed by atoms with van der Waals surface area (Å²) in [4.78, 5) is 21.7. The number of hydrogen-bond donors (Lipinski definition) is 1. The second kappa shape index (κ2) is 5.93. The van der Waals surface area contributed by atoms with Crippen LogP contribution in [0.15, 0.2) is 42.7 Å². The third-order valence-corrected chi connectivity index (χ3v) is 4.47. The Balaban J connectivity index is 1.60. The van der Waals surface area contributed by atoms with Crippen molar-refractivity contribution in [3.05, 3.63) is 53.2 Å². The summed E-state index contributed by atoms with van der Waals surface area (Å²) in [5.41, 5.74) is 2.24. The summed E-state index contributed by atoms with van der Waals surface area (Å²) < 4.78 is 10.7. The van der Waals surface area contributed by atoms with Gasteiger partial charge >= 0.3 is 0 Å². The monoisotopic (exact) mass is 339 g/mol. The number of hydrogen-bond acceptors (Lipinski definition) is 6. The highest BCUT2D eigenvalue weighted by atomic mass is 32.1. The number of nitrogens with zero attached hydrogens (tertiary/aromatic N) is 2. The Morgan fingerprint density at radius 3 is 2.96 bits per heavy atom. The normalized spacial score (nSPS) is 12.2. The summed E-state index contributed by atoms with van der Waals surface area (Å²) in [6.45, 7) is 2.21. The van der Waals surface area contributed by atoms with E-state index >= 15 is 0 Å². The third-order valence-electron chi connectivity index (χ3n) is 3.59. The Morgan fingerprint density at radius 2 is 2.12 bits per heavy atom. The molecule has 1 amide bonds. The molecule has 1 aromatic carbocycles. The largest absolute Gasteiger partial charge is 0.454 e. The molecule has 4 rings (SSSR count). The van der Waals surface area contributed by atoms with Gasteiger partial charge in [0.05, 0.1) is 11.3 Å². The van der Waals surface area contributed by atoms with Crippen LogP contribution in [0.1, 0.15) is 15.2 Å². The summed E-state index contributed by atoms with van der Waals surface area (Å²) in [5, 5.41) is 3.36. The number of anilines is 1. The maximum absolute atomic E-state index is 12.2. The van der Waals surface area contributed by atoms with Gasteiger partial charge in [0.25, 0.3) is 5.91 Å². The number of ether oxygens (including phenoxy) is 2. The number of aryl methyl sites for hydroxylation is 1. The van der Waals surface area contributed by atoms with Crippen molar-refractivity contribution in [2.45, 2.75) is 6.92 Å². The summed E-state index contributed by atoms with van der Waals surface area (Å²) in [6, 6.07) is 9.13. The van der Waals surface area contributed by atoms with E-state index in [9.17, 15) is 4.79 Å². The van der Waals surface area contributed by atoms with Crippen LogP contribution in [0.2, 0.25) is 0 Å². The number of pyridine rings is 1. The van der Waals surface area contributed by atoms with E-state index in [0.29, 0.717) is 16.4 Å². The fraction of sp³-hybridized carbons (Fsp3) is 0.118. The number of nitrogens with one attached hydrogen (secondary N) is 1. The van der Waals surface area contributed by atoms with E-state index in [1.165, 1.54) is 17.5 Å². The summed E-state index contributed by atoms with van der Waals surface area (Å²) in [6.07, 6.45) is 3.15. The molecule has 0 fully saturated rings. The lowest BCUT2D eigenvalue weighted by Gasteiger charge is -2.01. The molecular formula is C17H13N3O3S. The number of amides is 1. The van der Waals surface area contributed by atoms with Crippen LogP contribution in [-0.2, 0) is 0 Å². The molecule has 0 saturated carbocycles. The van der Waals surface area contributed by atoms with E-state index < -0.39 is 0 Å². The molecule has 6 nitrogen and oxygen atoms in total. The van der Waals surface area contributed by atoms with E-state index in [4.69, 9.17) is 9.47 Å². The molecule has 0 radical (unpaired) electrons. The Morgan fingerprint density at radius 1 is 1.25 bits per heavy atom. The molecule has 0 atom stereocenters. The van der Waals surface area contributed by atoms with E-state index in [0.717, 1.165) is 21.9 Å². The molecule has 0 aliphatic carbocycles. The molecule has 1 N–H and O–H groups in total. The minimum absolute atomic E-state index is 0.228. The molecule has 24 heavy (non-hydrogen) atoms. The average molecular weight is 339 g/mol. The first-order valence-electron chi connectivity index (χ1n) is 7.29. The highest BCUT2D eigenvalue weighted by Gasteiger charge is 2.17. The summed E-state index contributed by atoms with van der Waals surface area (Å²) in [5.74, 6) is 1.21. The van der Waals surface area contributed by atoms with Crippen molar-refractivity contribution in [1.29, 1.82) is 0 Å². The predicted octanol–water partition coefficient (Wildman–Crippen LogP) is 3.49. The molecular weight excluding hydrogens is 326 g/mol. The summed E-state index contributed by atoms with van der Waals surface area (Å²) in [7, 11) is 0. The van der Waals surface area contributed by atoms with Crippen molar-refractivity contribution >= 4 is 22.4 Å². The van der Waals surface area contributed by atoms with E-state index in [1.807, 2.05) is 25.1 Å². The maximum Gasteiger partial charge on any atom is 0.259 e. The molecule has 2 aromatic heterocycles. The lowest BCUT2D eigenvalue weighted by molar-refractivity contribution is 0.102. The van der Waals surface area contributed by atoms with E-state index in [-0.39, 0.29) is 12.7 Å². The molecule has 0 saturated heterocycles. The Kier molecular flexibility index (Phi) is 3.62. The van der Waals surface area contributed by atoms with Crippen LogP contribution >= 0.6 is 11.3 Å². The maximum atomic E-state index is 12.2. The van der Waals surface area contributed by atoms with Crippen LogP contribution in [0.4, 0.5) is 5.13 Å². The molecule has 3 heterocycles. The molecule has 1 aliphatic heterocycles. The third kappa shape index (κ3) is 2.69. The van der Waals surface area contributed by atoms with Crippen molar-refractivity contribution in [3.8, 4) is 22.8 Å². The first-order chi connectivity index (χ1) is 11.7. The van der Waals surface area contributed by atoms with Crippen LogP contribution in [-0.4, -0.2) is 22.7 Å². The molecule has 1 aliphatic rings. The minimum atomic E-state index is -0.228. The van der Waals surface area contributed by atoms with Crippen molar-refractivity contribution < 1.29 is 14.3 Å². The van der Waals surface area contributed by atoms with Gasteiger partial charge in [0, 0.05) is 22.8 Å². The lowest BCUT2D eigenvalue weighted by Crippen LogP contribution is -2.11. The van der Waals surface area contributed by atoms with Crippen LogP contribution in [0.5, 0.6) is 11.5 Å². The average Bonchev–Trinajstić information content (AvgIpc) is 3.21. The Labute approximate surface area is 142 Å². The van der Waals surface area contributed by atoms with Crippen LogP contribution in [0.3, 0.4) is 0 Å². The van der Waals surface area contributed by atoms with Gasteiger partial charge in [-0.25, -0.2) is 4.98 Å². The van der Waals surface area contributed by atoms with Gasteiger partial charge in [0.15, 0.2) is 16.6 Å². The molecule has 7 heteroatoms. The first-order valence-corrected chi connectivity index (χ1v) is 8.11. The van der Waals surface area contributed by atoms with Gasteiger partial charge in [0.2, 0.25) is 6.79 Å². The van der Waals surface area contributed by atoms with Crippen molar-refractivity contribution in [2.24, 2.45) is 0 Å². The second-order valence-corrected chi connectivity index (χ2v) is 6.39. The fourth-order valence-corrected chi connectivity index (χ4v) is 3.26. The van der Waals surface area contributed by atoms with Gasteiger partial charge in [-0.15, -0.1) is 11.3 Å². The van der Waals surface area contributed by atoms with Gasteiger partial charge in [0.1, 0.15) is 0 Å². The highest BCUT2D eigenvalue weighted by molar-refractivity contribution is 7.16. The van der Waals surface area contributed by atoms with E-state index in [1.54, 1.807) is 18.3 Å². The second-order valence-electron chi connectivity index (χ2n) is 5.19. The SMILES string of the molecule is Cc1sc(NC(=O)c2cccnc2)nc1-c1ccc2c(c1)OCO2. The zero-order valence-corrected chi connectivity index (χ0v) is 13.6. The predicted molar refractivity (Wildman–Crippen MR) is 90.6 cm³/mol. The quantitative estimate of drug-likeness (QED) is 0.791. The fourth-order valence-electron chi connectivity index (χ4n) is 2.43. The van der Waals surface area contributed by atoms with Crippen molar-refractivity contribution in [1.82, 2.24) is 9.97 Å². The first kappa shape index (κ1) is 14.6. The van der Waals surface area contributed by atoms with Crippen LogP contribution < -0.4 is 14.8 Å². The number of benzene rings is 1. The molecule has 0 unspecified atom stereocenters. The van der Waals surface area contributed by atoms with Gasteiger partial charge in [-0.2, -0.15) is 0 Å². The van der Waals surface area contributed by atoms with Gasteiger partial charge in [-0.3, -0.25) is 15.1 Å². The number of rotatable bonds is 3. The number of fused-ring (bicyclic) bond motifs is 1. The standard InChI is InChI=1S/C17H13N3O3S/c1-10-15(11-4-5-13-14(7-11)23-9-22-13)19-17(24-10)20-16(21)12-3-2-6-18-8-12/h2-8H,9H2,1H3,(H,19,20,21). The van der Waals surface area contributed by atoms with Gasteiger partial charge < -0.3 is 9.47 Å². The lowest BCUT2D eigenvalue weighted by atomic mass is 10.1. The number of carbonyl (C=O) groups excluding carboxylic acids is 1. The van der Waals surface area contributed by atoms with Crippen LogP contribution in [0.25, 0.3) is 11.3 Å². The Hall–Kier alpha value is -2.93. The molecule has 0 bridgehead atoms. The topological polar surface area (TPSA) is 73.3 Å². The number of carbonyl (C=O) groups is 1. The van der Waals surface area contributed by atoms with Gasteiger partial charge in [-0.1, -0.05) is 0 Å². The van der Waals surface area contributed by atoms with Crippen molar-refractivity contribution in [3.63, 3.8) is 0 Å². The smallest absolute Gasteiger partial charge is 0.259 e. The number of thiazole rings is 1. The zero-order valence-electron chi connectivity index (χ0n) is 12.8. The Bertz CT molecular complexity index is 909. The van der Waals surface area contributed by atoms with E-state index in [2.05, 4.69) is 15.3 Å². The zero-order chi connectivity index (χ0) is 16.5. The molecule has 0 spiro atoms. The van der Waals surface area contributed by atoms with Crippen LogP contribution in [0, 0.1) is 6.92 Å². The molecule has 3 aromatic rings. The number of aromatic nitrogens is 2. The molecule has 120 valence electrons. The van der Waals surface area contributed by atoms with Gasteiger partial charge in [-0.05, 0) is 37.3 Å². The summed E-state index contributed by atoms with van der Waals surface area (Å²) >= 11 is 1.43.